The molecule has 7 heavy (non-hydrogen) atoms. The first-order valence-electron chi connectivity index (χ1n) is 1.48. The minimum Gasteiger partial charge on any atom is -0.683 e. The van der Waals surface area contributed by atoms with Crippen molar-refractivity contribution in [2.24, 2.45) is 0 Å². The van der Waals surface area contributed by atoms with Gasteiger partial charge in [-0.3, -0.25) is 0 Å². The van der Waals surface area contributed by atoms with E-state index in [0.717, 1.165) is 14.2 Å². The molecule has 0 saturated carbocycles. The van der Waals surface area contributed by atoms with Crippen LogP contribution in [-0.2, 0) is 14.2 Å². The molecular weight excluding hydrogens is 120 g/mol. The molecule has 4 nitrogen and oxygen atoms in total. The molecule has 0 rings (SSSR count). The summed E-state index contributed by atoms with van der Waals surface area (Å²) in [5, 5.41) is 0. The SMILES string of the molecule is C[O+](C)S(=O)(=O)[O-]. The third-order valence-electron chi connectivity index (χ3n) is 0.408. The fourth-order valence-corrected chi connectivity index (χ4v) is 0. The standard InChI is InChI=1S/C2H6O4S/c1-6(2)7(3,4)5/h1-2H3. The smallest absolute Gasteiger partial charge is 0.342 e. The second-order valence-corrected chi connectivity index (χ2v) is 2.63. The van der Waals surface area contributed by atoms with Gasteiger partial charge in [0.25, 0.3) is 0 Å². The van der Waals surface area contributed by atoms with E-state index in [2.05, 4.69) is 0 Å². The summed E-state index contributed by atoms with van der Waals surface area (Å²) in [6.45, 7) is 0. The molecular formula is C2H6O4S. The van der Waals surface area contributed by atoms with Crippen LogP contribution in [0.4, 0.5) is 0 Å². The zero-order valence-corrected chi connectivity index (χ0v) is 4.86. The molecule has 0 radical (unpaired) electrons. The van der Waals surface area contributed by atoms with Gasteiger partial charge in [0.15, 0.2) is 14.2 Å². The number of rotatable bonds is 1. The average molecular weight is 126 g/mol. The molecule has 0 spiro atoms. The molecule has 0 heterocycles. The van der Waals surface area contributed by atoms with Gasteiger partial charge < -0.3 is 8.37 Å². The second kappa shape index (κ2) is 1.77. The summed E-state index contributed by atoms with van der Waals surface area (Å²) in [6, 6.07) is 0. The summed E-state index contributed by atoms with van der Waals surface area (Å²) in [5.74, 6) is 0. The van der Waals surface area contributed by atoms with Crippen molar-refractivity contribution in [1.29, 1.82) is 0 Å². The first-order valence-corrected chi connectivity index (χ1v) is 2.82. The van der Waals surface area contributed by atoms with Gasteiger partial charge >= 0.3 is 10.4 Å². The third-order valence-corrected chi connectivity index (χ3v) is 1.22. The Kier molecular flexibility index (Phi) is 1.74. The first-order chi connectivity index (χ1) is 2.94. The van der Waals surface area contributed by atoms with E-state index in [4.69, 9.17) is 0 Å². The lowest BCUT2D eigenvalue weighted by Crippen LogP contribution is -2.12. The van der Waals surface area contributed by atoms with Crippen molar-refractivity contribution in [2.75, 3.05) is 14.2 Å². The maximum Gasteiger partial charge on any atom is 0.342 e. The Labute approximate surface area is 42.4 Å². The molecule has 0 aromatic heterocycles. The van der Waals surface area contributed by atoms with E-state index in [1.165, 1.54) is 3.81 Å². The molecule has 0 saturated heterocycles. The molecule has 0 aliphatic rings. The van der Waals surface area contributed by atoms with E-state index in [-0.39, 0.29) is 0 Å². The van der Waals surface area contributed by atoms with Crippen molar-refractivity contribution < 1.29 is 16.8 Å². The van der Waals surface area contributed by atoms with Crippen molar-refractivity contribution in [3.8, 4) is 0 Å². The molecule has 0 aliphatic carbocycles. The van der Waals surface area contributed by atoms with E-state index in [1.54, 1.807) is 0 Å². The van der Waals surface area contributed by atoms with E-state index in [0.29, 0.717) is 0 Å². The lowest BCUT2D eigenvalue weighted by atomic mass is 11.6. The van der Waals surface area contributed by atoms with Gasteiger partial charge in [-0.25, -0.2) is 0 Å². The summed E-state index contributed by atoms with van der Waals surface area (Å²) in [7, 11) is -2.04. The van der Waals surface area contributed by atoms with Crippen LogP contribution in [0.15, 0.2) is 0 Å². The van der Waals surface area contributed by atoms with E-state index >= 15 is 0 Å². The Bertz CT molecular complexity index is 132. The topological polar surface area (TPSA) is 59.9 Å². The Morgan fingerprint density at radius 3 is 1.57 bits per heavy atom. The number of hydrogen-bond acceptors (Lipinski definition) is 3. The van der Waals surface area contributed by atoms with Gasteiger partial charge in [0, 0.05) is 0 Å². The normalized spacial score (nSPS) is 12.6. The second-order valence-electron chi connectivity index (χ2n) is 1.15. The van der Waals surface area contributed by atoms with Crippen LogP contribution in [0.2, 0.25) is 0 Å². The van der Waals surface area contributed by atoms with Gasteiger partial charge in [0.1, 0.15) is 0 Å². The summed E-state index contributed by atoms with van der Waals surface area (Å²) in [5.41, 5.74) is 0. The Morgan fingerprint density at radius 1 is 1.43 bits per heavy atom. The largest absolute Gasteiger partial charge is 0.683 e. The molecule has 0 unspecified atom stereocenters. The van der Waals surface area contributed by atoms with Crippen molar-refractivity contribution in [1.82, 2.24) is 0 Å². The van der Waals surface area contributed by atoms with Crippen molar-refractivity contribution in [2.45, 2.75) is 0 Å². The molecule has 0 aliphatic heterocycles. The lowest BCUT2D eigenvalue weighted by Gasteiger charge is -2.07. The van der Waals surface area contributed by atoms with Crippen LogP contribution in [0.1, 0.15) is 0 Å². The molecule has 0 aromatic carbocycles. The highest BCUT2D eigenvalue weighted by Gasteiger charge is 2.00. The van der Waals surface area contributed by atoms with E-state index in [9.17, 15) is 13.0 Å². The van der Waals surface area contributed by atoms with Crippen molar-refractivity contribution in [3.63, 3.8) is 0 Å². The molecule has 0 atom stereocenters. The van der Waals surface area contributed by atoms with E-state index in [1.807, 2.05) is 0 Å². The minimum atomic E-state index is -4.24. The highest BCUT2D eigenvalue weighted by molar-refractivity contribution is 7.81. The Hall–Kier alpha value is -0.130. The summed E-state index contributed by atoms with van der Waals surface area (Å²) in [6.07, 6.45) is 0. The van der Waals surface area contributed by atoms with Gasteiger partial charge in [-0.05, 0) is 0 Å². The quantitative estimate of drug-likeness (QED) is 0.264. The maximum atomic E-state index is 9.66. The molecule has 0 amide bonds. The zero-order valence-electron chi connectivity index (χ0n) is 4.04. The van der Waals surface area contributed by atoms with Gasteiger partial charge in [-0.2, -0.15) is 8.42 Å². The van der Waals surface area contributed by atoms with Crippen LogP contribution < -0.4 is 0 Å². The molecule has 5 heteroatoms. The van der Waals surface area contributed by atoms with Crippen molar-refractivity contribution >= 4 is 10.4 Å². The molecule has 0 fully saturated rings. The van der Waals surface area contributed by atoms with Crippen LogP contribution in [0.3, 0.4) is 0 Å². The third kappa shape index (κ3) is 2.55. The lowest BCUT2D eigenvalue weighted by molar-refractivity contribution is 0.100. The summed E-state index contributed by atoms with van der Waals surface area (Å²) in [4.78, 5) is 0. The van der Waals surface area contributed by atoms with Crippen LogP contribution in [0.25, 0.3) is 0 Å². The summed E-state index contributed by atoms with van der Waals surface area (Å²) < 4.78 is 30.3. The summed E-state index contributed by atoms with van der Waals surface area (Å²) >= 11 is 0. The predicted octanol–water partition coefficient (Wildman–Crippen LogP) is -0.741. The van der Waals surface area contributed by atoms with E-state index < -0.39 is 10.4 Å². The fraction of sp³-hybridized carbons (Fsp3) is 1.00. The predicted molar refractivity (Wildman–Crippen MR) is 22.6 cm³/mol. The molecule has 44 valence electrons. The molecule has 0 aromatic rings. The minimum absolute atomic E-state index is 1.10. The van der Waals surface area contributed by atoms with Gasteiger partial charge in [-0.15, -0.1) is 0 Å². The molecule has 0 bridgehead atoms. The first kappa shape index (κ1) is 6.87. The van der Waals surface area contributed by atoms with Gasteiger partial charge in [0.2, 0.25) is 0 Å². The average Bonchev–Trinajstić information content (AvgIpc) is 1.31. The highest BCUT2D eigenvalue weighted by Crippen LogP contribution is 1.89. The Morgan fingerprint density at radius 2 is 1.57 bits per heavy atom. The zero-order chi connectivity index (χ0) is 6.08. The van der Waals surface area contributed by atoms with Gasteiger partial charge in [0.05, 0.1) is 0 Å². The van der Waals surface area contributed by atoms with Gasteiger partial charge in [-0.1, -0.05) is 0 Å². The van der Waals surface area contributed by atoms with Crippen LogP contribution in [0.5, 0.6) is 0 Å². The Balaban J connectivity index is 4.10. The van der Waals surface area contributed by atoms with Crippen LogP contribution >= 0.6 is 0 Å². The maximum absolute atomic E-state index is 9.66. The monoisotopic (exact) mass is 126 g/mol. The fourth-order valence-electron chi connectivity index (χ4n) is 0. The molecule has 0 N–H and O–H groups in total. The number of hydrogen-bond donors (Lipinski definition) is 0. The highest BCUT2D eigenvalue weighted by atomic mass is 32.3. The van der Waals surface area contributed by atoms with Crippen molar-refractivity contribution in [3.05, 3.63) is 0 Å². The van der Waals surface area contributed by atoms with Crippen LogP contribution in [0, 0.1) is 0 Å². The van der Waals surface area contributed by atoms with Crippen LogP contribution in [-0.4, -0.2) is 27.2 Å².